The number of fused-ring (bicyclic) bond motifs is 1. The molecule has 0 unspecified atom stereocenters. The monoisotopic (exact) mass is 282 g/mol. The van der Waals surface area contributed by atoms with E-state index in [4.69, 9.17) is 15.6 Å². The van der Waals surface area contributed by atoms with Crippen LogP contribution < -0.4 is 5.73 Å². The van der Waals surface area contributed by atoms with E-state index in [1.165, 1.54) is 17.8 Å². The fraction of sp³-hybridized carbons (Fsp3) is 0.500. The minimum absolute atomic E-state index is 0.268. The van der Waals surface area contributed by atoms with Gasteiger partial charge in [-0.05, 0) is 19.1 Å². The molecule has 1 fully saturated rings. The van der Waals surface area contributed by atoms with Gasteiger partial charge in [-0.15, -0.1) is 0 Å². The van der Waals surface area contributed by atoms with Crippen LogP contribution in [0.1, 0.15) is 18.7 Å². The first-order valence-electron chi connectivity index (χ1n) is 6.18. The smallest absolute Gasteiger partial charge is 0.168 e. The van der Waals surface area contributed by atoms with Gasteiger partial charge in [-0.3, -0.25) is 0 Å². The summed E-state index contributed by atoms with van der Waals surface area (Å²) in [6.07, 6.45) is -2.18. The van der Waals surface area contributed by atoms with Crippen LogP contribution in [0.15, 0.2) is 18.5 Å². The third kappa shape index (κ3) is 1.69. The van der Waals surface area contributed by atoms with Crippen molar-refractivity contribution in [1.82, 2.24) is 14.6 Å². The van der Waals surface area contributed by atoms with Crippen molar-refractivity contribution in [2.75, 3.05) is 12.3 Å². The zero-order valence-corrected chi connectivity index (χ0v) is 10.8. The highest BCUT2D eigenvalue weighted by molar-refractivity contribution is 5.65. The minimum atomic E-state index is -2.04. The van der Waals surface area contributed by atoms with Gasteiger partial charge in [-0.2, -0.15) is 5.10 Å². The number of nitrogens with two attached hydrogens (primary N) is 1. The molecule has 1 saturated heterocycles. The van der Waals surface area contributed by atoms with Crippen LogP contribution in [0.2, 0.25) is 0 Å². The Hall–Kier alpha value is -1.77. The maximum atomic E-state index is 14.7. The highest BCUT2D eigenvalue weighted by Gasteiger charge is 2.55. The van der Waals surface area contributed by atoms with Gasteiger partial charge in [0.25, 0.3) is 0 Å². The molecule has 0 amide bonds. The van der Waals surface area contributed by atoms with Gasteiger partial charge in [0, 0.05) is 0 Å². The van der Waals surface area contributed by atoms with Crippen LogP contribution in [0.25, 0.3) is 5.52 Å². The number of alkyl halides is 1. The van der Waals surface area contributed by atoms with Crippen molar-refractivity contribution in [2.45, 2.75) is 30.9 Å². The summed E-state index contributed by atoms with van der Waals surface area (Å²) in [5.41, 5.74) is 4.62. The molecule has 2 aromatic heterocycles. The molecule has 3 heterocycles. The quantitative estimate of drug-likeness (QED) is 0.706. The van der Waals surface area contributed by atoms with E-state index in [0.29, 0.717) is 11.2 Å². The Labute approximate surface area is 113 Å². The molecule has 0 aromatic carbocycles. The molecule has 4 atom stereocenters. The van der Waals surface area contributed by atoms with E-state index in [2.05, 4.69) is 10.1 Å². The Bertz CT molecular complexity index is 645. The van der Waals surface area contributed by atoms with E-state index in [1.54, 1.807) is 12.1 Å². The molecule has 0 radical (unpaired) electrons. The fourth-order valence-electron chi connectivity index (χ4n) is 2.57. The first-order valence-corrected chi connectivity index (χ1v) is 6.18. The highest BCUT2D eigenvalue weighted by atomic mass is 19.1. The summed E-state index contributed by atoms with van der Waals surface area (Å²) in [7, 11) is 0. The Kier molecular flexibility index (Phi) is 2.89. The maximum Gasteiger partial charge on any atom is 0.168 e. The number of anilines is 1. The zero-order valence-electron chi connectivity index (χ0n) is 10.8. The molecule has 20 heavy (non-hydrogen) atoms. The van der Waals surface area contributed by atoms with Gasteiger partial charge in [-0.1, -0.05) is 0 Å². The predicted octanol–water partition coefficient (Wildman–Crippen LogP) is -0.167. The molecule has 8 heteroatoms. The van der Waals surface area contributed by atoms with Crippen molar-refractivity contribution in [3.05, 3.63) is 24.2 Å². The lowest BCUT2D eigenvalue weighted by Crippen LogP contribution is -2.39. The van der Waals surface area contributed by atoms with E-state index in [-0.39, 0.29) is 5.82 Å². The number of hydrogen-bond acceptors (Lipinski definition) is 6. The number of rotatable bonds is 2. The van der Waals surface area contributed by atoms with E-state index >= 15 is 0 Å². The van der Waals surface area contributed by atoms with Gasteiger partial charge in [0.2, 0.25) is 0 Å². The molecule has 0 bridgehead atoms. The molecule has 108 valence electrons. The number of aliphatic hydroxyl groups excluding tert-OH is 2. The highest BCUT2D eigenvalue weighted by Crippen LogP contribution is 2.44. The van der Waals surface area contributed by atoms with Crippen molar-refractivity contribution in [2.24, 2.45) is 0 Å². The third-order valence-corrected chi connectivity index (χ3v) is 3.71. The van der Waals surface area contributed by atoms with Gasteiger partial charge < -0.3 is 20.7 Å². The second-order valence-corrected chi connectivity index (χ2v) is 5.03. The Morgan fingerprint density at radius 3 is 2.95 bits per heavy atom. The van der Waals surface area contributed by atoms with Crippen molar-refractivity contribution in [1.29, 1.82) is 0 Å². The van der Waals surface area contributed by atoms with Gasteiger partial charge in [0.15, 0.2) is 11.5 Å². The summed E-state index contributed by atoms with van der Waals surface area (Å²) in [5.74, 6) is 0.268. The largest absolute Gasteiger partial charge is 0.394 e. The van der Waals surface area contributed by atoms with Crippen molar-refractivity contribution in [3.8, 4) is 0 Å². The van der Waals surface area contributed by atoms with Crippen LogP contribution in [-0.2, 0) is 4.74 Å². The molecule has 2 aromatic rings. The van der Waals surface area contributed by atoms with Crippen molar-refractivity contribution >= 4 is 11.3 Å². The maximum absolute atomic E-state index is 14.7. The van der Waals surface area contributed by atoms with E-state index in [1.807, 2.05) is 0 Å². The average molecular weight is 282 g/mol. The summed E-state index contributed by atoms with van der Waals surface area (Å²) in [4.78, 5) is 3.85. The third-order valence-electron chi connectivity index (χ3n) is 3.71. The molecule has 4 N–H and O–H groups in total. The molecule has 0 spiro atoms. The lowest BCUT2D eigenvalue weighted by atomic mass is 9.93. The molecular weight excluding hydrogens is 267 g/mol. The zero-order chi connectivity index (χ0) is 14.5. The van der Waals surface area contributed by atoms with Crippen molar-refractivity contribution < 1.29 is 19.3 Å². The molecule has 1 aliphatic heterocycles. The van der Waals surface area contributed by atoms with Crippen LogP contribution in [0.5, 0.6) is 0 Å². The average Bonchev–Trinajstić information content (AvgIpc) is 2.92. The summed E-state index contributed by atoms with van der Waals surface area (Å²) >= 11 is 0. The number of ether oxygens (including phenoxy) is 1. The van der Waals surface area contributed by atoms with Crippen LogP contribution in [0.4, 0.5) is 10.2 Å². The van der Waals surface area contributed by atoms with Crippen LogP contribution in [0.3, 0.4) is 0 Å². The lowest BCUT2D eigenvalue weighted by molar-refractivity contribution is -0.0248. The molecule has 0 aliphatic carbocycles. The molecule has 3 rings (SSSR count). The van der Waals surface area contributed by atoms with Crippen LogP contribution >= 0.6 is 0 Å². The first kappa shape index (κ1) is 13.2. The Balaban J connectivity index is 2.10. The first-order chi connectivity index (χ1) is 9.46. The molecule has 1 aliphatic rings. The van der Waals surface area contributed by atoms with Crippen molar-refractivity contribution in [3.63, 3.8) is 0 Å². The molecule has 7 nitrogen and oxygen atoms in total. The molecule has 0 saturated carbocycles. The second-order valence-electron chi connectivity index (χ2n) is 5.03. The summed E-state index contributed by atoms with van der Waals surface area (Å²) in [6, 6.07) is 3.28. The van der Waals surface area contributed by atoms with Gasteiger partial charge in [0.05, 0.1) is 12.3 Å². The number of aliphatic hydroxyl groups is 2. The number of aromatic nitrogens is 3. The number of nitrogen functional groups attached to an aromatic ring is 1. The molecular formula is C12H15FN4O3. The van der Waals surface area contributed by atoms with Crippen LogP contribution in [-0.4, -0.2) is 49.3 Å². The SMILES string of the molecule is C[C@@]1(F)[C@H](O)[C@@H](CO)O[C@H]1c1ccc2c(N)ncnn12. The standard InChI is InChI=1S/C12H15FN4O3/c1-12(13)9(19)8(4-18)20-10(12)6-2-3-7-11(14)15-5-16-17(6)7/h2-3,5,8-10,18-19H,4H2,1H3,(H2,14,15,16)/t8-,9-,10+,12-/m1/s1. The van der Waals surface area contributed by atoms with Crippen LogP contribution in [0, 0.1) is 0 Å². The Morgan fingerprint density at radius 1 is 1.55 bits per heavy atom. The second kappa shape index (κ2) is 4.37. The van der Waals surface area contributed by atoms with Gasteiger partial charge >= 0.3 is 0 Å². The number of hydrogen-bond donors (Lipinski definition) is 3. The summed E-state index contributed by atoms with van der Waals surface area (Å²) < 4.78 is 21.6. The number of nitrogens with zero attached hydrogens (tertiary/aromatic N) is 3. The minimum Gasteiger partial charge on any atom is -0.394 e. The lowest BCUT2D eigenvalue weighted by Gasteiger charge is -2.23. The predicted molar refractivity (Wildman–Crippen MR) is 67.6 cm³/mol. The van der Waals surface area contributed by atoms with E-state index in [0.717, 1.165) is 0 Å². The van der Waals surface area contributed by atoms with E-state index < -0.39 is 30.6 Å². The summed E-state index contributed by atoms with van der Waals surface area (Å²) in [6.45, 7) is 0.777. The normalized spacial score (nSPS) is 33.9. The fourth-order valence-corrected chi connectivity index (χ4v) is 2.57. The van der Waals surface area contributed by atoms with Gasteiger partial charge in [-0.25, -0.2) is 13.9 Å². The Morgan fingerprint density at radius 2 is 2.30 bits per heavy atom. The summed E-state index contributed by atoms with van der Waals surface area (Å²) in [5, 5.41) is 23.0. The van der Waals surface area contributed by atoms with Gasteiger partial charge in [0.1, 0.15) is 30.2 Å². The number of halogens is 1. The topological polar surface area (TPSA) is 106 Å². The van der Waals surface area contributed by atoms with E-state index in [9.17, 15) is 9.50 Å².